The Morgan fingerprint density at radius 1 is 1.15 bits per heavy atom. The Morgan fingerprint density at radius 2 is 1.80 bits per heavy atom. The molecule has 0 unspecified atom stereocenters. The van der Waals surface area contributed by atoms with Crippen molar-refractivity contribution in [3.63, 3.8) is 0 Å². The van der Waals surface area contributed by atoms with Gasteiger partial charge in [0.25, 0.3) is 0 Å². The van der Waals surface area contributed by atoms with E-state index in [1.54, 1.807) is 4.90 Å². The van der Waals surface area contributed by atoms with Gasteiger partial charge in [-0.25, -0.2) is 4.79 Å². The van der Waals surface area contributed by atoms with Crippen molar-refractivity contribution in [2.45, 2.75) is 20.8 Å². The highest BCUT2D eigenvalue weighted by atomic mass is 16.5. The summed E-state index contributed by atoms with van der Waals surface area (Å²) in [6.45, 7) is 8.81. The Balaban J connectivity index is 2.30. The summed E-state index contributed by atoms with van der Waals surface area (Å²) in [6.07, 6.45) is 0. The number of carbonyl (C=O) groups excluding carboxylic acids is 1. The second-order valence-corrected chi connectivity index (χ2v) is 4.16. The van der Waals surface area contributed by atoms with Crippen molar-refractivity contribution in [3.05, 3.63) is 24.3 Å². The lowest BCUT2D eigenvalue weighted by atomic mass is 10.3. The van der Waals surface area contributed by atoms with Crippen LogP contribution in [-0.2, 0) is 0 Å². The molecule has 0 saturated carbocycles. The number of benzene rings is 1. The molecule has 0 bridgehead atoms. The van der Waals surface area contributed by atoms with Gasteiger partial charge in [0.1, 0.15) is 18.1 Å². The second-order valence-electron chi connectivity index (χ2n) is 4.16. The van der Waals surface area contributed by atoms with Gasteiger partial charge in [0.05, 0.1) is 13.2 Å². The van der Waals surface area contributed by atoms with Gasteiger partial charge in [-0.1, -0.05) is 6.07 Å². The summed E-state index contributed by atoms with van der Waals surface area (Å²) in [7, 11) is 0. The van der Waals surface area contributed by atoms with Crippen LogP contribution in [0.2, 0.25) is 0 Å². The molecule has 0 aromatic heterocycles. The molecule has 1 N–H and O–H groups in total. The molecule has 1 aromatic carbocycles. The van der Waals surface area contributed by atoms with Crippen LogP contribution in [0.5, 0.6) is 11.5 Å². The van der Waals surface area contributed by atoms with Crippen LogP contribution in [0.4, 0.5) is 4.79 Å². The topological polar surface area (TPSA) is 50.8 Å². The Labute approximate surface area is 120 Å². The van der Waals surface area contributed by atoms with E-state index in [1.807, 2.05) is 45.0 Å². The maximum atomic E-state index is 11.7. The third kappa shape index (κ3) is 5.38. The quantitative estimate of drug-likeness (QED) is 0.744. The first-order chi connectivity index (χ1) is 9.71. The smallest absolute Gasteiger partial charge is 0.317 e. The second kappa shape index (κ2) is 9.07. The molecule has 0 atom stereocenters. The van der Waals surface area contributed by atoms with Gasteiger partial charge >= 0.3 is 6.03 Å². The fraction of sp³-hybridized carbons (Fsp3) is 0.533. The summed E-state index contributed by atoms with van der Waals surface area (Å²) in [6, 6.07) is 7.43. The van der Waals surface area contributed by atoms with Crippen molar-refractivity contribution in [1.29, 1.82) is 0 Å². The Kier molecular flexibility index (Phi) is 7.32. The minimum Gasteiger partial charge on any atom is -0.494 e. The van der Waals surface area contributed by atoms with Gasteiger partial charge in [0.2, 0.25) is 0 Å². The van der Waals surface area contributed by atoms with Crippen LogP contribution >= 0.6 is 0 Å². The van der Waals surface area contributed by atoms with Crippen molar-refractivity contribution in [3.8, 4) is 11.5 Å². The molecule has 112 valence electrons. The van der Waals surface area contributed by atoms with Gasteiger partial charge < -0.3 is 19.7 Å². The molecular weight excluding hydrogens is 256 g/mol. The molecule has 1 aromatic rings. The first-order valence-corrected chi connectivity index (χ1v) is 7.09. The predicted molar refractivity (Wildman–Crippen MR) is 79.4 cm³/mol. The minimum absolute atomic E-state index is 0.0540. The lowest BCUT2D eigenvalue weighted by molar-refractivity contribution is 0.200. The molecule has 5 nitrogen and oxygen atoms in total. The molecule has 5 heteroatoms. The molecule has 0 radical (unpaired) electrons. The summed E-state index contributed by atoms with van der Waals surface area (Å²) in [4.78, 5) is 13.4. The number of hydrogen-bond acceptors (Lipinski definition) is 3. The highest BCUT2D eigenvalue weighted by molar-refractivity contribution is 5.74. The first kappa shape index (κ1) is 16.1. The van der Waals surface area contributed by atoms with E-state index in [1.165, 1.54) is 0 Å². The van der Waals surface area contributed by atoms with E-state index in [0.717, 1.165) is 11.5 Å². The van der Waals surface area contributed by atoms with Crippen LogP contribution < -0.4 is 14.8 Å². The van der Waals surface area contributed by atoms with Crippen LogP contribution in [0.1, 0.15) is 20.8 Å². The highest BCUT2D eigenvalue weighted by Gasteiger charge is 2.07. The number of amides is 2. The van der Waals surface area contributed by atoms with Gasteiger partial charge in [-0.05, 0) is 32.9 Å². The third-order valence-corrected chi connectivity index (χ3v) is 2.81. The monoisotopic (exact) mass is 280 g/mol. The molecule has 0 aliphatic carbocycles. The third-order valence-electron chi connectivity index (χ3n) is 2.81. The molecule has 0 aliphatic rings. The highest BCUT2D eigenvalue weighted by Crippen LogP contribution is 2.18. The lowest BCUT2D eigenvalue weighted by Gasteiger charge is -2.19. The van der Waals surface area contributed by atoms with Crippen molar-refractivity contribution in [2.24, 2.45) is 0 Å². The first-order valence-electron chi connectivity index (χ1n) is 7.09. The summed E-state index contributed by atoms with van der Waals surface area (Å²) in [5.41, 5.74) is 0. The number of nitrogens with one attached hydrogen (secondary N) is 1. The van der Waals surface area contributed by atoms with Gasteiger partial charge in [0.15, 0.2) is 0 Å². The average Bonchev–Trinajstić information content (AvgIpc) is 2.46. The fourth-order valence-corrected chi connectivity index (χ4v) is 1.77. The molecule has 20 heavy (non-hydrogen) atoms. The molecule has 0 heterocycles. The van der Waals surface area contributed by atoms with E-state index in [4.69, 9.17) is 9.47 Å². The van der Waals surface area contributed by atoms with Gasteiger partial charge in [-0.3, -0.25) is 0 Å². The SMILES string of the molecule is CCOc1cccc(OCCNC(=O)N(CC)CC)c1. The number of ether oxygens (including phenoxy) is 2. The molecule has 0 saturated heterocycles. The normalized spacial score (nSPS) is 9.95. The van der Waals surface area contributed by atoms with Crippen molar-refractivity contribution >= 4 is 6.03 Å². The van der Waals surface area contributed by atoms with Crippen LogP contribution in [0.15, 0.2) is 24.3 Å². The van der Waals surface area contributed by atoms with E-state index in [-0.39, 0.29) is 6.03 Å². The van der Waals surface area contributed by atoms with Crippen molar-refractivity contribution in [1.82, 2.24) is 10.2 Å². The molecule has 2 amide bonds. The zero-order valence-electron chi connectivity index (χ0n) is 12.5. The van der Waals surface area contributed by atoms with Gasteiger partial charge in [-0.2, -0.15) is 0 Å². The van der Waals surface area contributed by atoms with Crippen LogP contribution in [-0.4, -0.2) is 43.8 Å². The average molecular weight is 280 g/mol. The van der Waals surface area contributed by atoms with Crippen LogP contribution in [0.3, 0.4) is 0 Å². The number of nitrogens with zero attached hydrogens (tertiary/aromatic N) is 1. The summed E-state index contributed by atoms with van der Waals surface area (Å²) in [5.74, 6) is 1.53. The minimum atomic E-state index is -0.0540. The molecule has 1 rings (SSSR count). The molecule has 0 fully saturated rings. The Hall–Kier alpha value is -1.91. The van der Waals surface area contributed by atoms with Gasteiger partial charge in [-0.15, -0.1) is 0 Å². The Bertz CT molecular complexity index is 406. The van der Waals surface area contributed by atoms with E-state index >= 15 is 0 Å². The molecular formula is C15H24N2O3. The predicted octanol–water partition coefficient (Wildman–Crippen LogP) is 2.52. The maximum absolute atomic E-state index is 11.7. The van der Waals surface area contributed by atoms with Crippen molar-refractivity contribution < 1.29 is 14.3 Å². The zero-order chi connectivity index (χ0) is 14.8. The van der Waals surface area contributed by atoms with Crippen LogP contribution in [0.25, 0.3) is 0 Å². The maximum Gasteiger partial charge on any atom is 0.317 e. The molecule has 0 spiro atoms. The summed E-state index contributed by atoms with van der Waals surface area (Å²) >= 11 is 0. The molecule has 0 aliphatic heterocycles. The Morgan fingerprint density at radius 3 is 2.40 bits per heavy atom. The number of carbonyl (C=O) groups is 1. The lowest BCUT2D eigenvalue weighted by Crippen LogP contribution is -2.41. The van der Waals surface area contributed by atoms with Gasteiger partial charge in [0, 0.05) is 19.2 Å². The van der Waals surface area contributed by atoms with Crippen molar-refractivity contribution in [2.75, 3.05) is 32.8 Å². The summed E-state index contributed by atoms with van der Waals surface area (Å²) < 4.78 is 11.0. The fourth-order valence-electron chi connectivity index (χ4n) is 1.77. The standard InChI is InChI=1S/C15H24N2O3/c1-4-17(5-2)15(18)16-10-11-20-14-9-7-8-13(12-14)19-6-3/h7-9,12H,4-6,10-11H2,1-3H3,(H,16,18). The summed E-state index contributed by atoms with van der Waals surface area (Å²) in [5, 5.41) is 2.83. The number of rotatable bonds is 8. The van der Waals surface area contributed by atoms with E-state index < -0.39 is 0 Å². The number of hydrogen-bond donors (Lipinski definition) is 1. The van der Waals surface area contributed by atoms with E-state index in [9.17, 15) is 4.79 Å². The zero-order valence-corrected chi connectivity index (χ0v) is 12.5. The van der Waals surface area contributed by atoms with E-state index in [2.05, 4.69) is 5.32 Å². The largest absolute Gasteiger partial charge is 0.494 e. The van der Waals surface area contributed by atoms with Crippen LogP contribution in [0, 0.1) is 0 Å². The number of urea groups is 1. The van der Waals surface area contributed by atoms with E-state index in [0.29, 0.717) is 32.8 Å².